The fourth-order valence-corrected chi connectivity index (χ4v) is 1.84. The molecular weight excluding hydrogens is 162 g/mol. The highest BCUT2D eigenvalue weighted by Crippen LogP contribution is 2.30. The fourth-order valence-electron chi connectivity index (χ4n) is 1.84. The summed E-state index contributed by atoms with van der Waals surface area (Å²) in [7, 11) is 0. The molecule has 2 heteroatoms. The average molecular weight is 173 g/mol. The third-order valence-electron chi connectivity index (χ3n) is 2.44. The first-order valence-corrected chi connectivity index (χ1v) is 4.30. The Morgan fingerprint density at radius 1 is 1.46 bits per heavy atom. The third-order valence-corrected chi connectivity index (χ3v) is 2.44. The van der Waals surface area contributed by atoms with Crippen LogP contribution in [-0.4, -0.2) is 11.2 Å². The van der Waals surface area contributed by atoms with Gasteiger partial charge >= 0.3 is 0 Å². The first-order valence-electron chi connectivity index (χ1n) is 4.30. The van der Waals surface area contributed by atoms with E-state index in [-0.39, 0.29) is 6.04 Å². The Kier molecular flexibility index (Phi) is 1.96. The van der Waals surface area contributed by atoms with Crippen molar-refractivity contribution < 1.29 is 5.11 Å². The molecule has 0 unspecified atom stereocenters. The van der Waals surface area contributed by atoms with Crippen LogP contribution in [0, 0.1) is 12.5 Å². The fraction of sp³-hybridized carbons (Fsp3) is 0.273. The molecule has 1 aliphatic carbocycles. The van der Waals surface area contributed by atoms with E-state index in [2.05, 4.69) is 11.4 Å². The van der Waals surface area contributed by atoms with Gasteiger partial charge in [-0.15, -0.1) is 0 Å². The summed E-state index contributed by atoms with van der Waals surface area (Å²) in [6.45, 7) is 0. The maximum Gasteiger partial charge on any atom is 0.0855 e. The maximum absolute atomic E-state index is 9.68. The van der Waals surface area contributed by atoms with E-state index < -0.39 is 6.10 Å². The summed E-state index contributed by atoms with van der Waals surface area (Å²) in [5.74, 6) is 0. The van der Waals surface area contributed by atoms with Crippen molar-refractivity contribution in [1.29, 1.82) is 0 Å². The lowest BCUT2D eigenvalue weighted by Crippen LogP contribution is -2.24. The maximum atomic E-state index is 9.68. The Morgan fingerprint density at radius 3 is 3.00 bits per heavy atom. The van der Waals surface area contributed by atoms with Crippen molar-refractivity contribution in [3.05, 3.63) is 35.4 Å². The van der Waals surface area contributed by atoms with Crippen LogP contribution >= 0.6 is 0 Å². The van der Waals surface area contributed by atoms with Crippen molar-refractivity contribution in [2.75, 3.05) is 0 Å². The van der Waals surface area contributed by atoms with Crippen molar-refractivity contribution in [2.24, 2.45) is 0 Å². The summed E-state index contributed by atoms with van der Waals surface area (Å²) in [6, 6.07) is 10.2. The number of benzene rings is 1. The van der Waals surface area contributed by atoms with Gasteiger partial charge in [-0.3, -0.25) is 0 Å². The minimum Gasteiger partial charge on any atom is -0.390 e. The van der Waals surface area contributed by atoms with E-state index in [0.717, 1.165) is 5.56 Å². The van der Waals surface area contributed by atoms with Gasteiger partial charge in [0.2, 0.25) is 0 Å². The summed E-state index contributed by atoms with van der Waals surface area (Å²) >= 11 is 0. The lowest BCUT2D eigenvalue weighted by Gasteiger charge is -2.13. The van der Waals surface area contributed by atoms with E-state index in [1.807, 2.05) is 24.3 Å². The molecule has 2 rings (SSSR count). The lowest BCUT2D eigenvalue weighted by molar-refractivity contribution is 0.149. The molecule has 0 aromatic heterocycles. The Morgan fingerprint density at radius 2 is 2.23 bits per heavy atom. The quantitative estimate of drug-likeness (QED) is 0.487. The monoisotopic (exact) mass is 173 g/mol. The summed E-state index contributed by atoms with van der Waals surface area (Å²) < 4.78 is 0. The summed E-state index contributed by atoms with van der Waals surface area (Å²) in [4.78, 5) is 0. The molecule has 1 aromatic carbocycles. The Bertz CT molecular complexity index is 353. The zero-order chi connectivity index (χ0) is 9.26. The van der Waals surface area contributed by atoms with Crippen molar-refractivity contribution in [3.8, 4) is 12.5 Å². The van der Waals surface area contributed by atoms with Crippen molar-refractivity contribution in [3.63, 3.8) is 0 Å². The minimum absolute atomic E-state index is 0.0961. The van der Waals surface area contributed by atoms with Crippen LogP contribution < -0.4 is 5.32 Å². The van der Waals surface area contributed by atoms with Gasteiger partial charge in [-0.2, -0.15) is 0 Å². The van der Waals surface area contributed by atoms with Gasteiger partial charge in [0, 0.05) is 12.5 Å². The second-order valence-corrected chi connectivity index (χ2v) is 3.24. The predicted molar refractivity (Wildman–Crippen MR) is 50.9 cm³/mol. The highest BCUT2D eigenvalue weighted by Gasteiger charge is 2.29. The van der Waals surface area contributed by atoms with Crippen LogP contribution in [0.4, 0.5) is 0 Å². The Hall–Kier alpha value is -1.46. The molecule has 0 saturated heterocycles. The largest absolute Gasteiger partial charge is 0.390 e. The predicted octanol–water partition coefficient (Wildman–Crippen LogP) is 0.825. The molecule has 0 bridgehead atoms. The van der Waals surface area contributed by atoms with E-state index in [4.69, 9.17) is 6.42 Å². The van der Waals surface area contributed by atoms with Gasteiger partial charge in [0.1, 0.15) is 0 Å². The molecule has 13 heavy (non-hydrogen) atoms. The zero-order valence-corrected chi connectivity index (χ0v) is 7.20. The lowest BCUT2D eigenvalue weighted by atomic mass is 10.1. The van der Waals surface area contributed by atoms with Crippen LogP contribution in [0.3, 0.4) is 0 Å². The first-order chi connectivity index (χ1) is 6.33. The van der Waals surface area contributed by atoms with Crippen LogP contribution in [0.5, 0.6) is 0 Å². The van der Waals surface area contributed by atoms with E-state index in [0.29, 0.717) is 6.42 Å². The van der Waals surface area contributed by atoms with Crippen molar-refractivity contribution >= 4 is 0 Å². The number of rotatable bonds is 1. The zero-order valence-electron chi connectivity index (χ0n) is 7.20. The number of aliphatic hydroxyl groups is 1. The van der Waals surface area contributed by atoms with Gasteiger partial charge < -0.3 is 10.4 Å². The van der Waals surface area contributed by atoms with Gasteiger partial charge in [-0.1, -0.05) is 30.7 Å². The Balaban J connectivity index is 2.36. The molecule has 1 aliphatic rings. The van der Waals surface area contributed by atoms with Crippen molar-refractivity contribution in [1.82, 2.24) is 5.32 Å². The second kappa shape index (κ2) is 3.12. The van der Waals surface area contributed by atoms with Gasteiger partial charge in [0.25, 0.3) is 0 Å². The molecular formula is C11H11NO. The second-order valence-electron chi connectivity index (χ2n) is 3.24. The normalized spacial score (nSPS) is 24.9. The van der Waals surface area contributed by atoms with Crippen LogP contribution in [0.25, 0.3) is 0 Å². The molecule has 0 radical (unpaired) electrons. The topological polar surface area (TPSA) is 32.3 Å². The van der Waals surface area contributed by atoms with E-state index >= 15 is 0 Å². The summed E-state index contributed by atoms with van der Waals surface area (Å²) in [5, 5.41) is 12.5. The number of aliphatic hydroxyl groups excluding tert-OH is 1. The van der Waals surface area contributed by atoms with Crippen LogP contribution in [0.1, 0.15) is 17.2 Å². The van der Waals surface area contributed by atoms with Gasteiger partial charge in [0.05, 0.1) is 12.1 Å². The molecule has 1 aromatic rings. The summed E-state index contributed by atoms with van der Waals surface area (Å²) in [6.07, 6.45) is 5.45. The number of fused-ring (bicyclic) bond motifs is 1. The van der Waals surface area contributed by atoms with Gasteiger partial charge in [-0.25, -0.2) is 0 Å². The molecule has 0 aliphatic heterocycles. The number of terminal acetylenes is 1. The van der Waals surface area contributed by atoms with E-state index in [9.17, 15) is 5.11 Å². The van der Waals surface area contributed by atoms with Crippen LogP contribution in [0.2, 0.25) is 0 Å². The highest BCUT2D eigenvalue weighted by molar-refractivity contribution is 5.36. The molecule has 0 spiro atoms. The minimum atomic E-state index is -0.395. The number of hydrogen-bond acceptors (Lipinski definition) is 2. The SMILES string of the molecule is C#CN[C@H]1c2ccccc2C[C@H]1O. The molecule has 0 heterocycles. The van der Waals surface area contributed by atoms with E-state index in [1.165, 1.54) is 5.56 Å². The molecule has 66 valence electrons. The smallest absolute Gasteiger partial charge is 0.0855 e. The van der Waals surface area contributed by atoms with Crippen molar-refractivity contribution in [2.45, 2.75) is 18.6 Å². The molecule has 0 saturated carbocycles. The Labute approximate surface area is 77.6 Å². The molecule has 2 N–H and O–H groups in total. The molecule has 2 atom stereocenters. The van der Waals surface area contributed by atoms with Gasteiger partial charge in [0.15, 0.2) is 0 Å². The van der Waals surface area contributed by atoms with E-state index in [1.54, 1.807) is 0 Å². The number of nitrogens with one attached hydrogen (secondary N) is 1. The van der Waals surface area contributed by atoms with Gasteiger partial charge in [-0.05, 0) is 11.1 Å². The standard InChI is InChI=1S/C11H11NO/c1-2-12-11-9-6-4-3-5-8(9)7-10(11)13/h1,3-6,10-13H,7H2/t10-,11+/m1/s1. The summed E-state index contributed by atoms with van der Waals surface area (Å²) in [5.41, 5.74) is 2.30. The third kappa shape index (κ3) is 1.28. The highest BCUT2D eigenvalue weighted by atomic mass is 16.3. The van der Waals surface area contributed by atoms with Crippen LogP contribution in [0.15, 0.2) is 24.3 Å². The first kappa shape index (κ1) is 8.15. The average Bonchev–Trinajstić information content (AvgIpc) is 2.44. The number of hydrogen-bond donors (Lipinski definition) is 2. The molecule has 0 fully saturated rings. The molecule has 2 nitrogen and oxygen atoms in total. The van der Waals surface area contributed by atoms with Crippen LogP contribution in [-0.2, 0) is 6.42 Å². The molecule has 0 amide bonds.